The highest BCUT2D eigenvalue weighted by molar-refractivity contribution is 5.69. The van der Waals surface area contributed by atoms with E-state index in [1.54, 1.807) is 0 Å². The van der Waals surface area contributed by atoms with Crippen molar-refractivity contribution in [1.82, 2.24) is 0 Å². The second-order valence-electron chi connectivity index (χ2n) is 12.1. The molecule has 0 spiro atoms. The van der Waals surface area contributed by atoms with Crippen molar-refractivity contribution in [3.63, 3.8) is 0 Å². The first-order valence-corrected chi connectivity index (χ1v) is 16.8. The summed E-state index contributed by atoms with van der Waals surface area (Å²) in [4.78, 5) is 12.1. The van der Waals surface area contributed by atoms with Gasteiger partial charge in [0.05, 0.1) is 6.61 Å². The molecule has 0 heterocycles. The van der Waals surface area contributed by atoms with E-state index < -0.39 is 0 Å². The third kappa shape index (κ3) is 28.0. The highest BCUT2D eigenvalue weighted by Gasteiger charge is 2.11. The van der Waals surface area contributed by atoms with E-state index in [4.69, 9.17) is 4.74 Å². The van der Waals surface area contributed by atoms with E-state index in [9.17, 15) is 4.79 Å². The Morgan fingerprint density at radius 2 is 0.917 bits per heavy atom. The van der Waals surface area contributed by atoms with Gasteiger partial charge in [-0.3, -0.25) is 4.79 Å². The minimum Gasteiger partial charge on any atom is -0.465 e. The SMILES string of the molecule is CCCCCC(CCC)COC(=O)CCCCCCCCCCCCCCCCCCCCC(C)C. The fourth-order valence-corrected chi connectivity index (χ4v) is 5.34. The van der Waals surface area contributed by atoms with Gasteiger partial charge in [0.1, 0.15) is 0 Å². The number of hydrogen-bond donors (Lipinski definition) is 0. The lowest BCUT2D eigenvalue weighted by Gasteiger charge is -2.16. The van der Waals surface area contributed by atoms with Gasteiger partial charge in [-0.05, 0) is 31.1 Å². The number of ether oxygens (including phenoxy) is 1. The minimum absolute atomic E-state index is 0.0312. The van der Waals surface area contributed by atoms with Crippen LogP contribution < -0.4 is 0 Å². The molecule has 0 aliphatic rings. The number of unbranched alkanes of at least 4 members (excludes halogenated alkanes) is 19. The van der Waals surface area contributed by atoms with Gasteiger partial charge < -0.3 is 4.74 Å². The van der Waals surface area contributed by atoms with Crippen molar-refractivity contribution >= 4 is 5.97 Å². The van der Waals surface area contributed by atoms with E-state index >= 15 is 0 Å². The second-order valence-corrected chi connectivity index (χ2v) is 12.1. The Labute approximate surface area is 228 Å². The van der Waals surface area contributed by atoms with E-state index in [1.807, 2.05) is 0 Å². The average Bonchev–Trinajstić information content (AvgIpc) is 2.86. The maximum absolute atomic E-state index is 12.1. The fraction of sp³-hybridized carbons (Fsp3) is 0.971. The molecule has 0 aromatic carbocycles. The highest BCUT2D eigenvalue weighted by Crippen LogP contribution is 2.18. The van der Waals surface area contributed by atoms with Crippen LogP contribution in [0.15, 0.2) is 0 Å². The van der Waals surface area contributed by atoms with E-state index in [0.29, 0.717) is 18.9 Å². The van der Waals surface area contributed by atoms with Crippen LogP contribution >= 0.6 is 0 Å². The molecule has 0 fully saturated rings. The maximum atomic E-state index is 12.1. The number of carbonyl (C=O) groups excluding carboxylic acids is 1. The molecular weight excluding hydrogens is 440 g/mol. The molecule has 0 aliphatic heterocycles. The van der Waals surface area contributed by atoms with Crippen LogP contribution in [-0.4, -0.2) is 12.6 Å². The third-order valence-corrected chi connectivity index (χ3v) is 7.81. The Bertz CT molecular complexity index is 431. The van der Waals surface area contributed by atoms with E-state index in [0.717, 1.165) is 12.3 Å². The zero-order chi connectivity index (χ0) is 26.5. The van der Waals surface area contributed by atoms with Gasteiger partial charge in [0, 0.05) is 6.42 Å². The van der Waals surface area contributed by atoms with E-state index in [2.05, 4.69) is 27.7 Å². The van der Waals surface area contributed by atoms with Gasteiger partial charge in [-0.25, -0.2) is 0 Å². The van der Waals surface area contributed by atoms with Crippen LogP contribution in [0.3, 0.4) is 0 Å². The van der Waals surface area contributed by atoms with Gasteiger partial charge in [0.25, 0.3) is 0 Å². The Balaban J connectivity index is 3.30. The fourth-order valence-electron chi connectivity index (χ4n) is 5.34. The molecule has 0 radical (unpaired) electrons. The topological polar surface area (TPSA) is 26.3 Å². The standard InChI is InChI=1S/C34H68O2/c1-5-7-24-29-33(27-6-2)31-36-34(35)30-26-23-21-19-17-15-13-11-9-8-10-12-14-16-18-20-22-25-28-32(3)4/h32-33H,5-31H2,1-4H3. The Kier molecular flexibility index (Phi) is 28.6. The minimum atomic E-state index is 0.0312. The smallest absolute Gasteiger partial charge is 0.305 e. The summed E-state index contributed by atoms with van der Waals surface area (Å²) < 4.78 is 5.59. The molecule has 0 aromatic rings. The van der Waals surface area contributed by atoms with Gasteiger partial charge in [0.15, 0.2) is 0 Å². The summed E-state index contributed by atoms with van der Waals surface area (Å²) in [7, 11) is 0. The maximum Gasteiger partial charge on any atom is 0.305 e. The summed E-state index contributed by atoms with van der Waals surface area (Å²) in [5.41, 5.74) is 0. The van der Waals surface area contributed by atoms with Gasteiger partial charge in [-0.2, -0.15) is 0 Å². The number of esters is 1. The molecule has 1 unspecified atom stereocenters. The molecule has 2 nitrogen and oxygen atoms in total. The predicted molar refractivity (Wildman–Crippen MR) is 161 cm³/mol. The second kappa shape index (κ2) is 29.0. The molecule has 2 heteroatoms. The molecule has 36 heavy (non-hydrogen) atoms. The van der Waals surface area contributed by atoms with Crippen LogP contribution in [-0.2, 0) is 9.53 Å². The molecule has 0 bridgehead atoms. The summed E-state index contributed by atoms with van der Waals surface area (Å²) in [6, 6.07) is 0. The summed E-state index contributed by atoms with van der Waals surface area (Å²) >= 11 is 0. The summed E-state index contributed by atoms with van der Waals surface area (Å²) in [5, 5.41) is 0. The average molecular weight is 509 g/mol. The third-order valence-electron chi connectivity index (χ3n) is 7.81. The van der Waals surface area contributed by atoms with Gasteiger partial charge in [-0.15, -0.1) is 0 Å². The molecule has 0 saturated heterocycles. The molecule has 0 aromatic heterocycles. The normalized spacial score (nSPS) is 12.4. The van der Waals surface area contributed by atoms with Crippen molar-refractivity contribution in [1.29, 1.82) is 0 Å². The van der Waals surface area contributed by atoms with Crippen LogP contribution in [0.2, 0.25) is 0 Å². The summed E-state index contributed by atoms with van der Waals surface area (Å²) in [6.07, 6.45) is 34.4. The first kappa shape index (κ1) is 35.5. The van der Waals surface area contributed by atoms with Gasteiger partial charge in [-0.1, -0.05) is 169 Å². The van der Waals surface area contributed by atoms with Crippen molar-refractivity contribution < 1.29 is 9.53 Å². The van der Waals surface area contributed by atoms with Crippen molar-refractivity contribution in [3.8, 4) is 0 Å². The van der Waals surface area contributed by atoms with Crippen LogP contribution in [0.1, 0.15) is 195 Å². The van der Waals surface area contributed by atoms with Crippen molar-refractivity contribution in [2.75, 3.05) is 6.61 Å². The van der Waals surface area contributed by atoms with Gasteiger partial charge in [0.2, 0.25) is 0 Å². The molecule has 0 rings (SSSR count). The van der Waals surface area contributed by atoms with Crippen molar-refractivity contribution in [2.45, 2.75) is 195 Å². The molecule has 0 aliphatic carbocycles. The van der Waals surface area contributed by atoms with Crippen LogP contribution in [0, 0.1) is 11.8 Å². The van der Waals surface area contributed by atoms with Crippen LogP contribution in [0.5, 0.6) is 0 Å². The number of carbonyl (C=O) groups is 1. The Hall–Kier alpha value is -0.530. The number of hydrogen-bond acceptors (Lipinski definition) is 2. The molecule has 216 valence electrons. The lowest BCUT2D eigenvalue weighted by molar-refractivity contribution is -0.145. The summed E-state index contributed by atoms with van der Waals surface area (Å²) in [6.45, 7) is 9.80. The Morgan fingerprint density at radius 1 is 0.500 bits per heavy atom. The van der Waals surface area contributed by atoms with E-state index in [1.165, 1.54) is 154 Å². The molecule has 0 N–H and O–H groups in total. The first-order chi connectivity index (χ1) is 17.6. The quantitative estimate of drug-likeness (QED) is 0.0741. The monoisotopic (exact) mass is 509 g/mol. The molecule has 0 amide bonds. The van der Waals surface area contributed by atoms with Crippen LogP contribution in [0.4, 0.5) is 0 Å². The molecule has 0 saturated carbocycles. The lowest BCUT2D eigenvalue weighted by Crippen LogP contribution is -2.14. The zero-order valence-electron chi connectivity index (χ0n) is 25.6. The lowest BCUT2D eigenvalue weighted by atomic mass is 9.97. The summed E-state index contributed by atoms with van der Waals surface area (Å²) in [5.74, 6) is 1.49. The first-order valence-electron chi connectivity index (χ1n) is 16.8. The molecular formula is C34H68O2. The number of rotatable bonds is 29. The highest BCUT2D eigenvalue weighted by atomic mass is 16.5. The zero-order valence-corrected chi connectivity index (χ0v) is 25.6. The van der Waals surface area contributed by atoms with E-state index in [-0.39, 0.29) is 5.97 Å². The van der Waals surface area contributed by atoms with Gasteiger partial charge >= 0.3 is 5.97 Å². The van der Waals surface area contributed by atoms with Crippen molar-refractivity contribution in [3.05, 3.63) is 0 Å². The van der Waals surface area contributed by atoms with Crippen LogP contribution in [0.25, 0.3) is 0 Å². The van der Waals surface area contributed by atoms with Crippen molar-refractivity contribution in [2.24, 2.45) is 11.8 Å². The molecule has 1 atom stereocenters. The predicted octanol–water partition coefficient (Wildman–Crippen LogP) is 12.0. The largest absolute Gasteiger partial charge is 0.465 e. The Morgan fingerprint density at radius 3 is 1.33 bits per heavy atom.